The quantitative estimate of drug-likeness (QED) is 0.341. The van der Waals surface area contributed by atoms with Crippen molar-refractivity contribution in [2.45, 2.75) is 37.3 Å². The van der Waals surface area contributed by atoms with Gasteiger partial charge in [0.2, 0.25) is 0 Å². The van der Waals surface area contributed by atoms with Crippen molar-refractivity contribution in [3.63, 3.8) is 0 Å². The lowest BCUT2D eigenvalue weighted by Crippen LogP contribution is -2.67. The van der Waals surface area contributed by atoms with Crippen LogP contribution in [0.4, 0.5) is 0 Å². The predicted molar refractivity (Wildman–Crippen MR) is 156 cm³/mol. The number of amides is 1. The zero-order valence-corrected chi connectivity index (χ0v) is 23.5. The van der Waals surface area contributed by atoms with Crippen LogP contribution in [0.25, 0.3) is 33.6 Å². The number of nitriles is 1. The number of hydrogen-bond donors (Lipinski definition) is 1. The van der Waals surface area contributed by atoms with Crippen molar-refractivity contribution in [1.29, 1.82) is 5.26 Å². The molecule has 9 nitrogen and oxygen atoms in total. The first-order chi connectivity index (χ1) is 20.6. The number of furan rings is 1. The van der Waals surface area contributed by atoms with E-state index in [2.05, 4.69) is 16.4 Å². The molecule has 4 aromatic rings. The minimum Gasteiger partial charge on any atom is -0.496 e. The molecule has 9 heteroatoms. The van der Waals surface area contributed by atoms with Gasteiger partial charge in [-0.1, -0.05) is 6.07 Å². The van der Waals surface area contributed by atoms with Crippen LogP contribution in [0, 0.1) is 11.3 Å². The van der Waals surface area contributed by atoms with Gasteiger partial charge in [-0.25, -0.2) is 0 Å². The average Bonchev–Trinajstić information content (AvgIpc) is 3.68. The fourth-order valence-corrected chi connectivity index (χ4v) is 6.34. The number of benzene rings is 2. The van der Waals surface area contributed by atoms with Crippen molar-refractivity contribution < 1.29 is 23.4 Å². The van der Waals surface area contributed by atoms with E-state index in [0.717, 1.165) is 62.0 Å². The topological polar surface area (TPSA) is 110 Å². The second-order valence-electron chi connectivity index (χ2n) is 11.3. The van der Waals surface area contributed by atoms with E-state index in [0.29, 0.717) is 52.7 Å². The summed E-state index contributed by atoms with van der Waals surface area (Å²) in [6.07, 6.45) is 5.67. The monoisotopic (exact) mass is 564 g/mol. The maximum absolute atomic E-state index is 13.2. The van der Waals surface area contributed by atoms with Gasteiger partial charge in [-0.2, -0.15) is 5.26 Å². The number of carbonyl (C=O) groups excluding carboxylic acids is 1. The first-order valence-corrected chi connectivity index (χ1v) is 14.5. The van der Waals surface area contributed by atoms with Gasteiger partial charge in [0.25, 0.3) is 5.91 Å². The van der Waals surface area contributed by atoms with Gasteiger partial charge in [-0.3, -0.25) is 9.78 Å². The van der Waals surface area contributed by atoms with Gasteiger partial charge in [0.1, 0.15) is 34.9 Å². The summed E-state index contributed by atoms with van der Waals surface area (Å²) in [4.78, 5) is 19.6. The molecule has 0 aliphatic carbocycles. The number of aromatic nitrogens is 1. The van der Waals surface area contributed by atoms with Crippen molar-refractivity contribution in [1.82, 2.24) is 15.2 Å². The summed E-state index contributed by atoms with van der Waals surface area (Å²) in [5.74, 6) is 1.71. The van der Waals surface area contributed by atoms with Gasteiger partial charge in [-0.05, 0) is 61.3 Å². The van der Waals surface area contributed by atoms with Crippen LogP contribution in [-0.2, 0) is 4.74 Å². The van der Waals surface area contributed by atoms with Gasteiger partial charge >= 0.3 is 0 Å². The Morgan fingerprint density at radius 1 is 1.10 bits per heavy atom. The first kappa shape index (κ1) is 26.5. The summed E-state index contributed by atoms with van der Waals surface area (Å²) >= 11 is 0. The highest BCUT2D eigenvalue weighted by Crippen LogP contribution is 2.39. The molecule has 1 spiro atoms. The molecule has 0 radical (unpaired) electrons. The van der Waals surface area contributed by atoms with E-state index in [1.807, 2.05) is 47.4 Å². The Bertz CT molecular complexity index is 1690. The molecule has 2 aromatic carbocycles. The van der Waals surface area contributed by atoms with Gasteiger partial charge in [0.15, 0.2) is 5.58 Å². The first-order valence-electron chi connectivity index (χ1n) is 14.5. The SMILES string of the molecule is COc1cc(C(=O)N2CC3(CCCN3)C2)ccc1-c1cc2nccc(-c3ccc(OC4CCOCC4)c(C#N)c3)c2o1. The molecular formula is C33H32N4O5. The molecule has 3 fully saturated rings. The summed E-state index contributed by atoms with van der Waals surface area (Å²) in [6.45, 7) is 3.84. The van der Waals surface area contributed by atoms with Crippen LogP contribution in [0.15, 0.2) is 59.1 Å². The average molecular weight is 565 g/mol. The Morgan fingerprint density at radius 3 is 2.71 bits per heavy atom. The van der Waals surface area contributed by atoms with E-state index in [9.17, 15) is 10.1 Å². The smallest absolute Gasteiger partial charge is 0.254 e. The number of nitrogens with zero attached hydrogens (tertiary/aromatic N) is 3. The molecular weight excluding hydrogens is 532 g/mol. The van der Waals surface area contributed by atoms with E-state index in [4.69, 9.17) is 18.6 Å². The Hall–Kier alpha value is -4.39. The summed E-state index contributed by atoms with van der Waals surface area (Å²) in [5, 5.41) is 13.4. The van der Waals surface area contributed by atoms with Crippen LogP contribution in [0.5, 0.6) is 11.5 Å². The van der Waals surface area contributed by atoms with Crippen molar-refractivity contribution >= 4 is 17.0 Å². The van der Waals surface area contributed by atoms with E-state index < -0.39 is 0 Å². The van der Waals surface area contributed by atoms with E-state index in [1.165, 1.54) is 0 Å². The van der Waals surface area contributed by atoms with E-state index in [-0.39, 0.29) is 17.6 Å². The molecule has 7 rings (SSSR count). The predicted octanol–water partition coefficient (Wildman–Crippen LogP) is 5.18. The Labute approximate surface area is 244 Å². The van der Waals surface area contributed by atoms with Gasteiger partial charge in [0.05, 0.1) is 37.0 Å². The number of nitrogens with one attached hydrogen (secondary N) is 1. The van der Waals surface area contributed by atoms with Gasteiger partial charge in [0, 0.05) is 49.3 Å². The van der Waals surface area contributed by atoms with Crippen LogP contribution >= 0.6 is 0 Å². The lowest BCUT2D eigenvalue weighted by atomic mass is 9.87. The van der Waals surface area contributed by atoms with Gasteiger partial charge < -0.3 is 28.8 Å². The summed E-state index contributed by atoms with van der Waals surface area (Å²) in [5.41, 5.74) is 4.82. The number of fused-ring (bicyclic) bond motifs is 1. The second kappa shape index (κ2) is 10.8. The molecule has 0 unspecified atom stereocenters. The van der Waals surface area contributed by atoms with Crippen molar-refractivity contribution in [3.8, 4) is 40.0 Å². The number of likely N-dealkylation sites (tertiary alicyclic amines) is 1. The molecule has 3 aliphatic heterocycles. The number of pyridine rings is 1. The molecule has 1 amide bonds. The molecule has 3 saturated heterocycles. The zero-order chi connectivity index (χ0) is 28.7. The molecule has 0 atom stereocenters. The molecule has 0 bridgehead atoms. The Morgan fingerprint density at radius 2 is 1.95 bits per heavy atom. The summed E-state index contributed by atoms with van der Waals surface area (Å²) < 4.78 is 23.6. The number of ether oxygens (including phenoxy) is 3. The van der Waals surface area contributed by atoms with E-state index in [1.54, 1.807) is 19.4 Å². The molecule has 214 valence electrons. The van der Waals surface area contributed by atoms with Gasteiger partial charge in [-0.15, -0.1) is 0 Å². The van der Waals surface area contributed by atoms with Crippen LogP contribution < -0.4 is 14.8 Å². The van der Waals surface area contributed by atoms with Crippen LogP contribution in [-0.4, -0.2) is 67.4 Å². The summed E-state index contributed by atoms with van der Waals surface area (Å²) in [7, 11) is 1.59. The number of hydrogen-bond acceptors (Lipinski definition) is 8. The highest BCUT2D eigenvalue weighted by atomic mass is 16.5. The number of rotatable bonds is 6. The van der Waals surface area contributed by atoms with Crippen LogP contribution in [0.2, 0.25) is 0 Å². The highest BCUT2D eigenvalue weighted by molar-refractivity contribution is 5.97. The van der Waals surface area contributed by atoms with Crippen LogP contribution in [0.3, 0.4) is 0 Å². The van der Waals surface area contributed by atoms with Crippen molar-refractivity contribution in [3.05, 3.63) is 65.9 Å². The largest absolute Gasteiger partial charge is 0.496 e. The highest BCUT2D eigenvalue weighted by Gasteiger charge is 2.46. The second-order valence-corrected chi connectivity index (χ2v) is 11.3. The maximum atomic E-state index is 13.2. The number of methoxy groups -OCH3 is 1. The van der Waals surface area contributed by atoms with E-state index >= 15 is 0 Å². The minimum absolute atomic E-state index is 0.00489. The molecule has 0 saturated carbocycles. The molecule has 1 N–H and O–H groups in total. The molecule has 2 aromatic heterocycles. The summed E-state index contributed by atoms with van der Waals surface area (Å²) in [6, 6.07) is 17.1. The normalized spacial score (nSPS) is 18.1. The Kier molecular flexibility index (Phi) is 6.81. The molecule has 3 aliphatic rings. The molecule has 42 heavy (non-hydrogen) atoms. The molecule has 5 heterocycles. The van der Waals surface area contributed by atoms with Crippen LogP contribution in [0.1, 0.15) is 41.6 Å². The third-order valence-corrected chi connectivity index (χ3v) is 8.61. The van der Waals surface area contributed by atoms with Crippen molar-refractivity contribution in [2.24, 2.45) is 0 Å². The Balaban J connectivity index is 1.16. The van der Waals surface area contributed by atoms with Crippen molar-refractivity contribution in [2.75, 3.05) is 40.0 Å². The standard InChI is InChI=1S/C33H32N4O5/c1-39-29-16-22(32(38)37-19-33(20-37)10-2-11-36-33)3-5-26(29)30-17-27-31(42-30)25(7-12-35-27)21-4-6-28(23(15-21)18-34)41-24-8-13-40-14-9-24/h3-7,12,15-17,24,36H,2,8-11,13-14,19-20H2,1H3. The third-order valence-electron chi connectivity index (χ3n) is 8.61. The zero-order valence-electron chi connectivity index (χ0n) is 23.5. The fourth-order valence-electron chi connectivity index (χ4n) is 6.34. The fraction of sp³-hybridized carbons (Fsp3) is 0.364. The lowest BCUT2D eigenvalue weighted by molar-refractivity contribution is 0.0254. The lowest BCUT2D eigenvalue weighted by Gasteiger charge is -2.48. The third kappa shape index (κ3) is 4.77. The minimum atomic E-state index is 0.00489. The maximum Gasteiger partial charge on any atom is 0.254 e. The number of carbonyl (C=O) groups is 1.